The van der Waals surface area contributed by atoms with Crippen molar-refractivity contribution in [3.63, 3.8) is 0 Å². The average molecular weight is 192 g/mol. The highest BCUT2D eigenvalue weighted by Crippen LogP contribution is 2.10. The van der Waals surface area contributed by atoms with Crippen LogP contribution in [0.1, 0.15) is 12.5 Å². The van der Waals surface area contributed by atoms with Crippen LogP contribution in [0.5, 0.6) is 0 Å². The summed E-state index contributed by atoms with van der Waals surface area (Å²) < 4.78 is 0. The van der Waals surface area contributed by atoms with Gasteiger partial charge in [-0.3, -0.25) is 4.99 Å². The number of anilines is 1. The minimum atomic E-state index is -0.636. The summed E-state index contributed by atoms with van der Waals surface area (Å²) in [4.78, 5) is 5.92. The van der Waals surface area contributed by atoms with Gasteiger partial charge in [-0.15, -0.1) is 0 Å². The first-order valence-corrected chi connectivity index (χ1v) is 4.58. The number of hydrogen-bond donors (Lipinski definition) is 1. The summed E-state index contributed by atoms with van der Waals surface area (Å²) in [5, 5.41) is 8.95. The number of nitrogens with zero attached hydrogens (tertiary/aromatic N) is 2. The zero-order valence-electron chi connectivity index (χ0n) is 8.81. The predicted molar refractivity (Wildman–Crippen MR) is 60.0 cm³/mol. The van der Waals surface area contributed by atoms with Crippen molar-refractivity contribution >= 4 is 11.9 Å². The van der Waals surface area contributed by atoms with Crippen LogP contribution >= 0.6 is 0 Å². The Balaban J connectivity index is 2.73. The predicted octanol–water partition coefficient (Wildman–Crippen LogP) is 1.51. The Morgan fingerprint density at radius 2 is 1.86 bits per heavy atom. The third-order valence-electron chi connectivity index (χ3n) is 1.85. The highest BCUT2D eigenvalue weighted by Gasteiger charge is 1.94. The molecule has 1 N–H and O–H groups in total. The molecule has 1 aromatic carbocycles. The Morgan fingerprint density at radius 3 is 2.29 bits per heavy atom. The summed E-state index contributed by atoms with van der Waals surface area (Å²) in [6.07, 6.45) is 1.04. The fourth-order valence-electron chi connectivity index (χ4n) is 1.05. The lowest BCUT2D eigenvalue weighted by atomic mass is 10.2. The maximum atomic E-state index is 8.95. The molecule has 0 radical (unpaired) electrons. The topological polar surface area (TPSA) is 35.8 Å². The molecule has 0 heterocycles. The molecule has 76 valence electrons. The van der Waals surface area contributed by atoms with Crippen LogP contribution in [-0.2, 0) is 0 Å². The van der Waals surface area contributed by atoms with Crippen molar-refractivity contribution in [2.75, 3.05) is 19.0 Å². The molecule has 0 bridgehead atoms. The molecular formula is C11H16N2O. The van der Waals surface area contributed by atoms with E-state index in [1.54, 1.807) is 13.1 Å². The highest BCUT2D eigenvalue weighted by atomic mass is 16.3. The Hall–Kier alpha value is -1.35. The fraction of sp³-hybridized carbons (Fsp3) is 0.364. The Kier molecular flexibility index (Phi) is 3.65. The first-order valence-electron chi connectivity index (χ1n) is 4.58. The number of rotatable bonds is 3. The molecule has 0 aromatic heterocycles. The van der Waals surface area contributed by atoms with Crippen LogP contribution < -0.4 is 4.90 Å². The molecule has 0 amide bonds. The highest BCUT2D eigenvalue weighted by molar-refractivity contribution is 5.80. The summed E-state index contributed by atoms with van der Waals surface area (Å²) in [5.74, 6) is 0. The van der Waals surface area contributed by atoms with Gasteiger partial charge in [-0.2, -0.15) is 0 Å². The average Bonchev–Trinajstić information content (AvgIpc) is 2.15. The van der Waals surface area contributed by atoms with Gasteiger partial charge in [-0.25, -0.2) is 0 Å². The minimum absolute atomic E-state index is 0.636. The normalized spacial score (nSPS) is 13.1. The van der Waals surface area contributed by atoms with Crippen LogP contribution in [0.2, 0.25) is 0 Å². The van der Waals surface area contributed by atoms with Crippen molar-refractivity contribution < 1.29 is 5.11 Å². The first kappa shape index (κ1) is 10.7. The second kappa shape index (κ2) is 4.77. The van der Waals surface area contributed by atoms with E-state index >= 15 is 0 Å². The maximum Gasteiger partial charge on any atom is 0.142 e. The molecule has 0 aliphatic heterocycles. The summed E-state index contributed by atoms with van der Waals surface area (Å²) in [7, 11) is 4.00. The second-order valence-electron chi connectivity index (χ2n) is 3.40. The number of benzene rings is 1. The third-order valence-corrected chi connectivity index (χ3v) is 1.85. The largest absolute Gasteiger partial charge is 0.378 e. The van der Waals surface area contributed by atoms with Gasteiger partial charge >= 0.3 is 0 Å². The van der Waals surface area contributed by atoms with E-state index in [0.29, 0.717) is 0 Å². The molecule has 14 heavy (non-hydrogen) atoms. The Bertz CT molecular complexity index is 302. The van der Waals surface area contributed by atoms with Crippen molar-refractivity contribution in [2.45, 2.75) is 13.2 Å². The lowest BCUT2D eigenvalue weighted by Crippen LogP contribution is -2.08. The number of aliphatic imine (C=N–C) groups is 1. The van der Waals surface area contributed by atoms with Crippen LogP contribution in [0.4, 0.5) is 5.69 Å². The minimum Gasteiger partial charge on any atom is -0.378 e. The summed E-state index contributed by atoms with van der Waals surface area (Å²) in [6, 6.07) is 7.98. The number of hydrogen-bond acceptors (Lipinski definition) is 3. The molecule has 3 heteroatoms. The zero-order chi connectivity index (χ0) is 10.6. The molecule has 1 atom stereocenters. The summed E-state index contributed by atoms with van der Waals surface area (Å²) in [5.41, 5.74) is 2.15. The van der Waals surface area contributed by atoms with Crippen LogP contribution in [-0.4, -0.2) is 31.6 Å². The van der Waals surface area contributed by atoms with E-state index in [-0.39, 0.29) is 0 Å². The molecule has 0 saturated heterocycles. The van der Waals surface area contributed by atoms with Crippen LogP contribution in [0.25, 0.3) is 0 Å². The molecule has 1 rings (SSSR count). The van der Waals surface area contributed by atoms with E-state index < -0.39 is 6.23 Å². The van der Waals surface area contributed by atoms with Crippen molar-refractivity contribution in [1.82, 2.24) is 0 Å². The molecule has 0 fully saturated rings. The quantitative estimate of drug-likeness (QED) is 0.737. The third kappa shape index (κ3) is 3.18. The first-order chi connectivity index (χ1) is 6.59. The molecule has 1 aromatic rings. The van der Waals surface area contributed by atoms with Crippen molar-refractivity contribution in [1.29, 1.82) is 0 Å². The molecule has 1 unspecified atom stereocenters. The standard InChI is InChI=1S/C11H16N2O/c1-9(14)12-8-10-4-6-11(7-5-10)13(2)3/h4-9,14H,1-3H3/b12-8+. The van der Waals surface area contributed by atoms with Crippen molar-refractivity contribution in [2.24, 2.45) is 4.99 Å². The maximum absolute atomic E-state index is 8.95. The van der Waals surface area contributed by atoms with Gasteiger partial charge in [-0.05, 0) is 24.6 Å². The van der Waals surface area contributed by atoms with Crippen LogP contribution in [0.15, 0.2) is 29.3 Å². The molecule has 0 aliphatic carbocycles. The molecule has 0 aliphatic rings. The van der Waals surface area contributed by atoms with E-state index in [0.717, 1.165) is 11.3 Å². The van der Waals surface area contributed by atoms with Gasteiger partial charge < -0.3 is 10.0 Å². The van der Waals surface area contributed by atoms with Crippen LogP contribution in [0.3, 0.4) is 0 Å². The van der Waals surface area contributed by atoms with Gasteiger partial charge in [0.1, 0.15) is 6.23 Å². The number of aliphatic hydroxyl groups excluding tert-OH is 1. The van der Waals surface area contributed by atoms with E-state index in [1.807, 2.05) is 43.3 Å². The van der Waals surface area contributed by atoms with E-state index in [9.17, 15) is 0 Å². The molecular weight excluding hydrogens is 176 g/mol. The zero-order valence-corrected chi connectivity index (χ0v) is 8.81. The van der Waals surface area contributed by atoms with Gasteiger partial charge in [0.15, 0.2) is 0 Å². The molecule has 0 saturated carbocycles. The smallest absolute Gasteiger partial charge is 0.142 e. The summed E-state index contributed by atoms with van der Waals surface area (Å²) in [6.45, 7) is 1.63. The molecule has 0 spiro atoms. The SMILES string of the molecule is CC(O)/N=C/c1ccc(N(C)C)cc1. The van der Waals surface area contributed by atoms with Gasteiger partial charge in [0.05, 0.1) is 0 Å². The van der Waals surface area contributed by atoms with Crippen LogP contribution in [0, 0.1) is 0 Å². The van der Waals surface area contributed by atoms with E-state index in [1.165, 1.54) is 0 Å². The van der Waals surface area contributed by atoms with Gasteiger partial charge in [0, 0.05) is 26.0 Å². The van der Waals surface area contributed by atoms with Crippen molar-refractivity contribution in [3.8, 4) is 0 Å². The lowest BCUT2D eigenvalue weighted by molar-refractivity contribution is 0.206. The lowest BCUT2D eigenvalue weighted by Gasteiger charge is -2.11. The molecule has 3 nitrogen and oxygen atoms in total. The Labute approximate surface area is 84.7 Å². The second-order valence-corrected chi connectivity index (χ2v) is 3.40. The number of aliphatic hydroxyl groups is 1. The Morgan fingerprint density at radius 1 is 1.29 bits per heavy atom. The van der Waals surface area contributed by atoms with Crippen molar-refractivity contribution in [3.05, 3.63) is 29.8 Å². The summed E-state index contributed by atoms with van der Waals surface area (Å²) >= 11 is 0. The van der Waals surface area contributed by atoms with E-state index in [2.05, 4.69) is 4.99 Å². The van der Waals surface area contributed by atoms with Gasteiger partial charge in [0.2, 0.25) is 0 Å². The van der Waals surface area contributed by atoms with Gasteiger partial charge in [0.25, 0.3) is 0 Å². The van der Waals surface area contributed by atoms with Gasteiger partial charge in [-0.1, -0.05) is 12.1 Å². The fourth-order valence-corrected chi connectivity index (χ4v) is 1.05. The van der Waals surface area contributed by atoms with E-state index in [4.69, 9.17) is 5.11 Å². The monoisotopic (exact) mass is 192 g/mol.